The number of likely N-dealkylation sites (tertiary alicyclic amines) is 1. The number of aliphatic hydroxyl groups is 1. The normalized spacial score (nSPS) is 29.2. The zero-order chi connectivity index (χ0) is 12.4. The second-order valence-corrected chi connectivity index (χ2v) is 6.02. The molecule has 5 heteroatoms. The number of rotatable bonds is 4. The van der Waals surface area contributed by atoms with E-state index in [4.69, 9.17) is 9.72 Å². The van der Waals surface area contributed by atoms with Gasteiger partial charge < -0.3 is 9.84 Å². The summed E-state index contributed by atoms with van der Waals surface area (Å²) in [6.07, 6.45) is 4.79. The second-order valence-electron chi connectivity index (χ2n) is 5.13. The molecule has 0 bridgehead atoms. The molecule has 0 radical (unpaired) electrons. The van der Waals surface area contributed by atoms with Gasteiger partial charge in [-0.2, -0.15) is 0 Å². The first-order chi connectivity index (χ1) is 8.86. The number of ether oxygens (including phenoxy) is 1. The fraction of sp³-hybridized carbons (Fsp3) is 0.769. The molecular formula is C13H20N2O2S. The van der Waals surface area contributed by atoms with Crippen LogP contribution in [0.25, 0.3) is 0 Å². The smallest absolute Gasteiger partial charge is 0.122 e. The molecule has 3 heterocycles. The zero-order valence-corrected chi connectivity index (χ0v) is 11.4. The van der Waals surface area contributed by atoms with Gasteiger partial charge in [-0.3, -0.25) is 4.90 Å². The third kappa shape index (κ3) is 2.59. The maximum Gasteiger partial charge on any atom is 0.122 e. The molecule has 0 aliphatic carbocycles. The molecule has 2 fully saturated rings. The van der Waals surface area contributed by atoms with E-state index in [1.807, 2.05) is 0 Å². The van der Waals surface area contributed by atoms with Crippen molar-refractivity contribution in [3.8, 4) is 0 Å². The first-order valence-electron chi connectivity index (χ1n) is 6.77. The summed E-state index contributed by atoms with van der Waals surface area (Å²) in [5.41, 5.74) is 1.13. The maximum absolute atomic E-state index is 9.31. The van der Waals surface area contributed by atoms with Crippen LogP contribution in [0, 0.1) is 0 Å². The molecule has 2 aliphatic rings. The van der Waals surface area contributed by atoms with Gasteiger partial charge in [-0.15, -0.1) is 11.3 Å². The molecule has 0 aromatic carbocycles. The number of nitrogens with zero attached hydrogens (tertiary/aromatic N) is 2. The molecule has 0 spiro atoms. The van der Waals surface area contributed by atoms with Crippen molar-refractivity contribution in [3.63, 3.8) is 0 Å². The number of aliphatic hydroxyl groups excluding tert-OH is 1. The summed E-state index contributed by atoms with van der Waals surface area (Å²) in [6.45, 7) is 3.09. The molecule has 2 saturated heterocycles. The molecule has 4 nitrogen and oxygen atoms in total. The van der Waals surface area contributed by atoms with E-state index in [1.54, 1.807) is 11.3 Å². The van der Waals surface area contributed by atoms with E-state index >= 15 is 0 Å². The monoisotopic (exact) mass is 268 g/mol. The van der Waals surface area contributed by atoms with Gasteiger partial charge in [0.1, 0.15) is 11.1 Å². The molecule has 100 valence electrons. The van der Waals surface area contributed by atoms with Crippen LogP contribution in [0.3, 0.4) is 0 Å². The number of thiazole rings is 1. The fourth-order valence-corrected chi connectivity index (χ4v) is 3.73. The SMILES string of the molecule is OCC1CCCN1Cc1csc(C2CCCO2)n1. The molecule has 18 heavy (non-hydrogen) atoms. The minimum absolute atomic E-state index is 0.232. The first kappa shape index (κ1) is 12.5. The van der Waals surface area contributed by atoms with Gasteiger partial charge in [0.2, 0.25) is 0 Å². The van der Waals surface area contributed by atoms with Crippen LogP contribution in [-0.4, -0.2) is 40.8 Å². The van der Waals surface area contributed by atoms with Crippen LogP contribution in [-0.2, 0) is 11.3 Å². The minimum Gasteiger partial charge on any atom is -0.395 e. The Morgan fingerprint density at radius 2 is 2.39 bits per heavy atom. The summed E-state index contributed by atoms with van der Waals surface area (Å²) in [5.74, 6) is 0. The molecule has 0 amide bonds. The van der Waals surface area contributed by atoms with Gasteiger partial charge in [0, 0.05) is 24.6 Å². The van der Waals surface area contributed by atoms with Crippen molar-refractivity contribution in [1.29, 1.82) is 0 Å². The summed E-state index contributed by atoms with van der Waals surface area (Å²) < 4.78 is 5.66. The Bertz CT molecular complexity index is 390. The molecule has 2 unspecified atom stereocenters. The van der Waals surface area contributed by atoms with Gasteiger partial charge in [0.25, 0.3) is 0 Å². The van der Waals surface area contributed by atoms with E-state index in [0.29, 0.717) is 6.04 Å². The van der Waals surface area contributed by atoms with E-state index in [0.717, 1.165) is 49.7 Å². The van der Waals surface area contributed by atoms with E-state index in [1.165, 1.54) is 6.42 Å². The molecule has 2 aliphatic heterocycles. The Balaban J connectivity index is 1.62. The molecule has 1 aromatic heterocycles. The lowest BCUT2D eigenvalue weighted by Crippen LogP contribution is -2.31. The third-order valence-electron chi connectivity index (χ3n) is 3.85. The van der Waals surface area contributed by atoms with Crippen LogP contribution in [0.5, 0.6) is 0 Å². The van der Waals surface area contributed by atoms with Gasteiger partial charge in [-0.1, -0.05) is 0 Å². The van der Waals surface area contributed by atoms with Crippen LogP contribution in [0.1, 0.15) is 42.5 Å². The van der Waals surface area contributed by atoms with Gasteiger partial charge >= 0.3 is 0 Å². The quantitative estimate of drug-likeness (QED) is 0.906. The summed E-state index contributed by atoms with van der Waals surface area (Å²) >= 11 is 1.71. The highest BCUT2D eigenvalue weighted by Crippen LogP contribution is 2.31. The van der Waals surface area contributed by atoms with Crippen molar-refractivity contribution < 1.29 is 9.84 Å². The second kappa shape index (κ2) is 5.65. The first-order valence-corrected chi connectivity index (χ1v) is 7.65. The highest BCUT2D eigenvalue weighted by Gasteiger charge is 2.25. The van der Waals surface area contributed by atoms with Gasteiger partial charge in [0.15, 0.2) is 0 Å². The highest BCUT2D eigenvalue weighted by atomic mass is 32.1. The molecule has 1 aromatic rings. The average Bonchev–Trinajstić information content (AvgIpc) is 3.10. The average molecular weight is 268 g/mol. The maximum atomic E-state index is 9.31. The minimum atomic E-state index is 0.232. The van der Waals surface area contributed by atoms with Crippen molar-refractivity contribution in [3.05, 3.63) is 16.1 Å². The van der Waals surface area contributed by atoms with Crippen molar-refractivity contribution >= 4 is 11.3 Å². The van der Waals surface area contributed by atoms with Gasteiger partial charge in [-0.25, -0.2) is 4.98 Å². The van der Waals surface area contributed by atoms with Crippen molar-refractivity contribution in [2.45, 2.75) is 44.4 Å². The van der Waals surface area contributed by atoms with E-state index in [9.17, 15) is 5.11 Å². The van der Waals surface area contributed by atoms with Crippen LogP contribution in [0.2, 0.25) is 0 Å². The summed E-state index contributed by atoms with van der Waals surface area (Å²) in [7, 11) is 0. The predicted molar refractivity (Wildman–Crippen MR) is 70.6 cm³/mol. The van der Waals surface area contributed by atoms with Crippen LogP contribution >= 0.6 is 11.3 Å². The standard InChI is InChI=1S/C13H20N2O2S/c16-8-11-3-1-5-15(11)7-10-9-18-13(14-10)12-4-2-6-17-12/h9,11-12,16H,1-8H2. The lowest BCUT2D eigenvalue weighted by atomic mass is 10.2. The Labute approximate surface area is 112 Å². The Kier molecular flexibility index (Phi) is 3.94. The summed E-state index contributed by atoms with van der Waals surface area (Å²) in [6, 6.07) is 0.331. The lowest BCUT2D eigenvalue weighted by Gasteiger charge is -2.21. The Morgan fingerprint density at radius 3 is 3.17 bits per heavy atom. The zero-order valence-electron chi connectivity index (χ0n) is 10.5. The molecule has 0 saturated carbocycles. The van der Waals surface area contributed by atoms with Crippen molar-refractivity contribution in [1.82, 2.24) is 9.88 Å². The molecule has 3 rings (SSSR count). The van der Waals surface area contributed by atoms with E-state index in [2.05, 4.69) is 10.3 Å². The Morgan fingerprint density at radius 1 is 1.44 bits per heavy atom. The molecule has 2 atom stereocenters. The van der Waals surface area contributed by atoms with Crippen LogP contribution in [0.4, 0.5) is 0 Å². The number of hydrogen-bond acceptors (Lipinski definition) is 5. The van der Waals surface area contributed by atoms with Crippen molar-refractivity contribution in [2.75, 3.05) is 19.8 Å². The molecular weight excluding hydrogens is 248 g/mol. The fourth-order valence-electron chi connectivity index (χ4n) is 2.83. The predicted octanol–water partition coefficient (Wildman–Crippen LogP) is 1.95. The summed E-state index contributed by atoms with van der Waals surface area (Å²) in [4.78, 5) is 7.04. The van der Waals surface area contributed by atoms with E-state index < -0.39 is 0 Å². The number of hydrogen-bond donors (Lipinski definition) is 1. The highest BCUT2D eigenvalue weighted by molar-refractivity contribution is 7.09. The van der Waals surface area contributed by atoms with Crippen LogP contribution < -0.4 is 0 Å². The number of aromatic nitrogens is 1. The van der Waals surface area contributed by atoms with Gasteiger partial charge in [-0.05, 0) is 32.2 Å². The van der Waals surface area contributed by atoms with Crippen molar-refractivity contribution in [2.24, 2.45) is 0 Å². The molecule has 1 N–H and O–H groups in total. The van der Waals surface area contributed by atoms with E-state index in [-0.39, 0.29) is 12.7 Å². The Hall–Kier alpha value is -0.490. The summed E-state index contributed by atoms with van der Waals surface area (Å²) in [5, 5.41) is 12.6. The third-order valence-corrected chi connectivity index (χ3v) is 4.84. The van der Waals surface area contributed by atoms with Crippen LogP contribution in [0.15, 0.2) is 5.38 Å². The largest absolute Gasteiger partial charge is 0.395 e. The lowest BCUT2D eigenvalue weighted by molar-refractivity contribution is 0.111. The topological polar surface area (TPSA) is 45.6 Å². The van der Waals surface area contributed by atoms with Gasteiger partial charge in [0.05, 0.1) is 12.3 Å².